The second-order valence-corrected chi connectivity index (χ2v) is 5.15. The second kappa shape index (κ2) is 5.52. The molecule has 2 rings (SSSR count). The van der Waals surface area contributed by atoms with E-state index in [0.29, 0.717) is 0 Å². The Morgan fingerprint density at radius 2 is 2.35 bits per heavy atom. The van der Waals surface area contributed by atoms with Crippen LogP contribution < -0.4 is 5.32 Å². The highest BCUT2D eigenvalue weighted by Gasteiger charge is 2.21. The highest BCUT2D eigenvalue weighted by Crippen LogP contribution is 2.20. The number of likely N-dealkylation sites (N-methyl/N-ethyl adjacent to an activating group) is 1. The first kappa shape index (κ1) is 12.4. The van der Waals surface area contributed by atoms with E-state index < -0.39 is 0 Å². The molecule has 0 aliphatic heterocycles. The largest absolute Gasteiger partial charge is 0.468 e. The molecule has 94 valence electrons. The summed E-state index contributed by atoms with van der Waals surface area (Å²) in [6.45, 7) is 8.70. The Kier molecular flexibility index (Phi) is 4.02. The van der Waals surface area contributed by atoms with Gasteiger partial charge in [0.1, 0.15) is 5.76 Å². The van der Waals surface area contributed by atoms with E-state index in [0.717, 1.165) is 31.4 Å². The molecule has 0 aromatic carbocycles. The molecule has 0 bridgehead atoms. The van der Waals surface area contributed by atoms with Crippen molar-refractivity contribution in [1.82, 2.24) is 10.2 Å². The van der Waals surface area contributed by atoms with Crippen LogP contribution in [0.15, 0.2) is 28.9 Å². The minimum Gasteiger partial charge on any atom is -0.468 e. The molecule has 0 atom stereocenters. The van der Waals surface area contributed by atoms with Crippen LogP contribution in [0.5, 0.6) is 0 Å². The van der Waals surface area contributed by atoms with Crippen molar-refractivity contribution in [1.29, 1.82) is 0 Å². The number of rotatable bonds is 7. The molecule has 1 aliphatic carbocycles. The van der Waals surface area contributed by atoms with E-state index in [4.69, 9.17) is 4.42 Å². The minimum absolute atomic E-state index is 0.723. The van der Waals surface area contributed by atoms with Gasteiger partial charge in [-0.2, -0.15) is 0 Å². The molecule has 1 aliphatic rings. The van der Waals surface area contributed by atoms with E-state index in [1.807, 2.05) is 0 Å². The maximum Gasteiger partial charge on any atom is 0.122 e. The van der Waals surface area contributed by atoms with Crippen LogP contribution in [0.4, 0.5) is 0 Å². The molecule has 1 heterocycles. The molecule has 1 saturated carbocycles. The first-order valence-corrected chi connectivity index (χ1v) is 6.26. The summed E-state index contributed by atoms with van der Waals surface area (Å²) in [4.78, 5) is 2.26. The van der Waals surface area contributed by atoms with E-state index >= 15 is 0 Å². The van der Waals surface area contributed by atoms with Crippen molar-refractivity contribution in [2.24, 2.45) is 0 Å². The SMILES string of the molecule is C=C(C)CN(C)Cc1ccoc1CNC1CC1. The van der Waals surface area contributed by atoms with E-state index in [1.165, 1.54) is 24.0 Å². The lowest BCUT2D eigenvalue weighted by atomic mass is 10.2. The quantitative estimate of drug-likeness (QED) is 0.735. The zero-order valence-corrected chi connectivity index (χ0v) is 10.8. The van der Waals surface area contributed by atoms with Crippen LogP contribution in [0.1, 0.15) is 31.1 Å². The molecule has 1 aromatic rings. The molecule has 0 radical (unpaired) electrons. The summed E-state index contributed by atoms with van der Waals surface area (Å²) < 4.78 is 5.54. The molecule has 1 N–H and O–H groups in total. The summed E-state index contributed by atoms with van der Waals surface area (Å²) in [7, 11) is 2.11. The second-order valence-electron chi connectivity index (χ2n) is 5.15. The fourth-order valence-corrected chi connectivity index (χ4v) is 1.99. The highest BCUT2D eigenvalue weighted by molar-refractivity contribution is 5.17. The van der Waals surface area contributed by atoms with Gasteiger partial charge in [0.15, 0.2) is 0 Å². The molecular formula is C14H22N2O. The van der Waals surface area contributed by atoms with Crippen LogP contribution in [0.2, 0.25) is 0 Å². The maximum atomic E-state index is 5.54. The van der Waals surface area contributed by atoms with Gasteiger partial charge >= 0.3 is 0 Å². The molecule has 3 heteroatoms. The minimum atomic E-state index is 0.723. The fraction of sp³-hybridized carbons (Fsp3) is 0.571. The van der Waals surface area contributed by atoms with Crippen LogP contribution in [0.3, 0.4) is 0 Å². The average molecular weight is 234 g/mol. The van der Waals surface area contributed by atoms with Crippen molar-refractivity contribution in [2.75, 3.05) is 13.6 Å². The van der Waals surface area contributed by atoms with Gasteiger partial charge in [-0.25, -0.2) is 0 Å². The summed E-state index contributed by atoms with van der Waals surface area (Å²) in [6, 6.07) is 2.79. The average Bonchev–Trinajstić information content (AvgIpc) is 2.96. The Hall–Kier alpha value is -1.06. The van der Waals surface area contributed by atoms with Gasteiger partial charge in [-0.15, -0.1) is 0 Å². The van der Waals surface area contributed by atoms with Gasteiger partial charge in [0.05, 0.1) is 12.8 Å². The van der Waals surface area contributed by atoms with Gasteiger partial charge in [-0.05, 0) is 32.9 Å². The third-order valence-electron chi connectivity index (χ3n) is 2.95. The van der Waals surface area contributed by atoms with Gasteiger partial charge < -0.3 is 9.73 Å². The predicted molar refractivity (Wildman–Crippen MR) is 69.7 cm³/mol. The lowest BCUT2D eigenvalue weighted by Crippen LogP contribution is -2.21. The Morgan fingerprint density at radius 3 is 3.00 bits per heavy atom. The number of nitrogens with one attached hydrogen (secondary N) is 1. The van der Waals surface area contributed by atoms with E-state index in [9.17, 15) is 0 Å². The van der Waals surface area contributed by atoms with Gasteiger partial charge in [0.25, 0.3) is 0 Å². The van der Waals surface area contributed by atoms with Crippen molar-refractivity contribution in [2.45, 2.75) is 38.9 Å². The van der Waals surface area contributed by atoms with Gasteiger partial charge in [0, 0.05) is 24.7 Å². The van der Waals surface area contributed by atoms with Crippen molar-refractivity contribution < 1.29 is 4.42 Å². The number of hydrogen-bond acceptors (Lipinski definition) is 3. The summed E-state index contributed by atoms with van der Waals surface area (Å²) >= 11 is 0. The topological polar surface area (TPSA) is 28.4 Å². The van der Waals surface area contributed by atoms with E-state index in [-0.39, 0.29) is 0 Å². The fourth-order valence-electron chi connectivity index (χ4n) is 1.99. The molecular weight excluding hydrogens is 212 g/mol. The molecule has 0 unspecified atom stereocenters. The van der Waals surface area contributed by atoms with Gasteiger partial charge in [-0.1, -0.05) is 12.2 Å². The van der Waals surface area contributed by atoms with E-state index in [1.54, 1.807) is 6.26 Å². The molecule has 17 heavy (non-hydrogen) atoms. The van der Waals surface area contributed by atoms with Gasteiger partial charge in [-0.3, -0.25) is 4.90 Å². The third-order valence-corrected chi connectivity index (χ3v) is 2.95. The van der Waals surface area contributed by atoms with Crippen LogP contribution in [-0.2, 0) is 13.1 Å². The molecule has 0 saturated heterocycles. The molecule has 1 fully saturated rings. The third kappa shape index (κ3) is 4.02. The monoisotopic (exact) mass is 234 g/mol. The number of furan rings is 1. The van der Waals surface area contributed by atoms with Crippen molar-refractivity contribution >= 4 is 0 Å². The Labute approximate surface area is 103 Å². The van der Waals surface area contributed by atoms with Crippen LogP contribution >= 0.6 is 0 Å². The Bertz CT molecular complexity index is 379. The summed E-state index contributed by atoms with van der Waals surface area (Å²) in [6.07, 6.45) is 4.41. The van der Waals surface area contributed by atoms with E-state index in [2.05, 4.69) is 36.8 Å². The van der Waals surface area contributed by atoms with Crippen LogP contribution in [-0.4, -0.2) is 24.5 Å². The first-order chi connectivity index (χ1) is 8.15. The summed E-state index contributed by atoms with van der Waals surface area (Å²) in [5, 5.41) is 3.48. The van der Waals surface area contributed by atoms with Crippen molar-refractivity contribution in [3.05, 3.63) is 35.8 Å². The molecule has 3 nitrogen and oxygen atoms in total. The van der Waals surface area contributed by atoms with Gasteiger partial charge in [0.2, 0.25) is 0 Å². The summed E-state index contributed by atoms with van der Waals surface area (Å²) in [5.74, 6) is 1.07. The number of nitrogens with zero attached hydrogens (tertiary/aromatic N) is 1. The smallest absolute Gasteiger partial charge is 0.122 e. The zero-order valence-electron chi connectivity index (χ0n) is 10.8. The standard InChI is InChI=1S/C14H22N2O/c1-11(2)9-16(3)10-12-6-7-17-14(12)8-15-13-4-5-13/h6-7,13,15H,1,4-5,8-10H2,2-3H3. The maximum absolute atomic E-state index is 5.54. The molecule has 0 spiro atoms. The van der Waals surface area contributed by atoms with Crippen LogP contribution in [0, 0.1) is 0 Å². The highest BCUT2D eigenvalue weighted by atomic mass is 16.3. The lowest BCUT2D eigenvalue weighted by Gasteiger charge is -2.16. The summed E-state index contributed by atoms with van der Waals surface area (Å²) in [5.41, 5.74) is 2.47. The molecule has 1 aromatic heterocycles. The lowest BCUT2D eigenvalue weighted by molar-refractivity contribution is 0.349. The normalized spacial score (nSPS) is 15.5. The van der Waals surface area contributed by atoms with Crippen molar-refractivity contribution in [3.63, 3.8) is 0 Å². The Balaban J connectivity index is 1.85. The number of hydrogen-bond donors (Lipinski definition) is 1. The zero-order chi connectivity index (χ0) is 12.3. The molecule has 0 amide bonds. The Morgan fingerprint density at radius 1 is 1.59 bits per heavy atom. The first-order valence-electron chi connectivity index (χ1n) is 6.26. The predicted octanol–water partition coefficient (Wildman–Crippen LogP) is 2.54. The van der Waals surface area contributed by atoms with Crippen LogP contribution in [0.25, 0.3) is 0 Å². The van der Waals surface area contributed by atoms with Crippen molar-refractivity contribution in [3.8, 4) is 0 Å².